The summed E-state index contributed by atoms with van der Waals surface area (Å²) in [6, 6.07) is 13.8. The van der Waals surface area contributed by atoms with Crippen LogP contribution in [0.1, 0.15) is 11.1 Å². The summed E-state index contributed by atoms with van der Waals surface area (Å²) < 4.78 is 1.02. The molecule has 0 aliphatic carbocycles. The van der Waals surface area contributed by atoms with E-state index in [1.165, 1.54) is 0 Å². The van der Waals surface area contributed by atoms with Crippen LogP contribution in [-0.4, -0.2) is 11.0 Å². The lowest BCUT2D eigenvalue weighted by molar-refractivity contribution is 0.318. The topological polar surface area (TPSA) is 58.6 Å². The Labute approximate surface area is 124 Å². The van der Waals surface area contributed by atoms with Gasteiger partial charge in [0.2, 0.25) is 0 Å². The number of hydrogen-bond donors (Lipinski definition) is 2. The van der Waals surface area contributed by atoms with Gasteiger partial charge in [0.1, 0.15) is 0 Å². The van der Waals surface area contributed by atoms with Crippen molar-refractivity contribution in [2.75, 3.05) is 0 Å². The molecule has 2 rings (SSSR count). The van der Waals surface area contributed by atoms with Gasteiger partial charge in [-0.1, -0.05) is 35.1 Å². The molecule has 19 heavy (non-hydrogen) atoms. The van der Waals surface area contributed by atoms with Crippen LogP contribution in [0.2, 0.25) is 0 Å². The van der Waals surface area contributed by atoms with Crippen LogP contribution >= 0.6 is 27.7 Å². The standard InChI is InChI=1S/C14H13BrN2OS/c1-9-6-7-10(14(16)17-18)13(8-9)19-12-5-3-2-4-11(12)15/h2-8,18H,1H3,(H2,16,17). The van der Waals surface area contributed by atoms with Gasteiger partial charge in [0.05, 0.1) is 0 Å². The molecular formula is C14H13BrN2OS. The molecule has 0 saturated heterocycles. The van der Waals surface area contributed by atoms with E-state index in [0.29, 0.717) is 0 Å². The van der Waals surface area contributed by atoms with Crippen LogP contribution in [-0.2, 0) is 0 Å². The third kappa shape index (κ3) is 3.30. The maximum Gasteiger partial charge on any atom is 0.171 e. The monoisotopic (exact) mass is 336 g/mol. The molecule has 0 radical (unpaired) electrons. The zero-order valence-corrected chi connectivity index (χ0v) is 12.7. The van der Waals surface area contributed by atoms with Crippen molar-refractivity contribution in [2.45, 2.75) is 16.7 Å². The van der Waals surface area contributed by atoms with Gasteiger partial charge in [0.15, 0.2) is 5.84 Å². The Hall–Kier alpha value is -1.46. The molecule has 2 aromatic rings. The van der Waals surface area contributed by atoms with Crippen LogP contribution in [0.25, 0.3) is 0 Å². The van der Waals surface area contributed by atoms with E-state index in [0.717, 1.165) is 25.4 Å². The van der Waals surface area contributed by atoms with Crippen LogP contribution < -0.4 is 5.73 Å². The number of rotatable bonds is 3. The quantitative estimate of drug-likeness (QED) is 0.385. The molecule has 0 aliphatic heterocycles. The molecule has 0 fully saturated rings. The zero-order chi connectivity index (χ0) is 13.8. The van der Waals surface area contributed by atoms with Gasteiger partial charge in [-0.25, -0.2) is 0 Å². The fourth-order valence-corrected chi connectivity index (χ4v) is 3.23. The number of halogens is 1. The predicted octanol–water partition coefficient (Wildman–Crippen LogP) is 4.00. The van der Waals surface area contributed by atoms with Gasteiger partial charge in [-0.2, -0.15) is 0 Å². The molecule has 0 unspecified atom stereocenters. The van der Waals surface area contributed by atoms with E-state index >= 15 is 0 Å². The van der Waals surface area contributed by atoms with E-state index in [1.807, 2.05) is 49.4 Å². The molecule has 0 heterocycles. The van der Waals surface area contributed by atoms with Crippen molar-refractivity contribution in [3.8, 4) is 0 Å². The Morgan fingerprint density at radius 1 is 1.21 bits per heavy atom. The third-order valence-electron chi connectivity index (χ3n) is 2.58. The summed E-state index contributed by atoms with van der Waals surface area (Å²) in [4.78, 5) is 2.04. The zero-order valence-electron chi connectivity index (χ0n) is 10.3. The molecule has 0 amide bonds. The lowest BCUT2D eigenvalue weighted by atomic mass is 10.1. The number of oxime groups is 1. The first-order chi connectivity index (χ1) is 9.11. The van der Waals surface area contributed by atoms with Gasteiger partial charge in [0, 0.05) is 19.8 Å². The second-order valence-corrected chi connectivity index (χ2v) is 5.96. The van der Waals surface area contributed by atoms with E-state index in [9.17, 15) is 0 Å². The summed E-state index contributed by atoms with van der Waals surface area (Å²) >= 11 is 5.10. The molecule has 98 valence electrons. The molecular weight excluding hydrogens is 324 g/mol. The molecule has 0 aromatic heterocycles. The van der Waals surface area contributed by atoms with Crippen molar-refractivity contribution in [2.24, 2.45) is 10.9 Å². The number of hydrogen-bond acceptors (Lipinski definition) is 3. The highest BCUT2D eigenvalue weighted by Gasteiger charge is 2.10. The smallest absolute Gasteiger partial charge is 0.171 e. The van der Waals surface area contributed by atoms with Gasteiger partial charge >= 0.3 is 0 Å². The largest absolute Gasteiger partial charge is 0.409 e. The van der Waals surface area contributed by atoms with Crippen LogP contribution in [0.15, 0.2) is 61.9 Å². The summed E-state index contributed by atoms with van der Waals surface area (Å²) in [5.74, 6) is 0.120. The molecule has 3 N–H and O–H groups in total. The van der Waals surface area contributed by atoms with E-state index in [2.05, 4.69) is 21.1 Å². The van der Waals surface area contributed by atoms with Gasteiger partial charge in [0.25, 0.3) is 0 Å². The van der Waals surface area contributed by atoms with Gasteiger partial charge < -0.3 is 10.9 Å². The summed E-state index contributed by atoms with van der Waals surface area (Å²) in [5, 5.41) is 11.9. The normalized spacial score (nSPS) is 11.6. The number of aryl methyl sites for hydroxylation is 1. The Morgan fingerprint density at radius 3 is 2.63 bits per heavy atom. The maximum atomic E-state index is 8.85. The van der Waals surface area contributed by atoms with Crippen LogP contribution in [0.4, 0.5) is 0 Å². The minimum Gasteiger partial charge on any atom is -0.409 e. The van der Waals surface area contributed by atoms with E-state index in [4.69, 9.17) is 10.9 Å². The molecule has 0 saturated carbocycles. The maximum absolute atomic E-state index is 8.85. The van der Waals surface area contributed by atoms with E-state index in [1.54, 1.807) is 11.8 Å². The Bertz CT molecular complexity index is 629. The lowest BCUT2D eigenvalue weighted by Gasteiger charge is -2.10. The number of nitrogens with two attached hydrogens (primary N) is 1. The van der Waals surface area contributed by atoms with E-state index < -0.39 is 0 Å². The van der Waals surface area contributed by atoms with Crippen LogP contribution in [0.5, 0.6) is 0 Å². The van der Waals surface area contributed by atoms with Crippen LogP contribution in [0.3, 0.4) is 0 Å². The second kappa shape index (κ2) is 6.12. The predicted molar refractivity (Wildman–Crippen MR) is 82.0 cm³/mol. The van der Waals surface area contributed by atoms with Crippen LogP contribution in [0, 0.1) is 6.92 Å². The van der Waals surface area contributed by atoms with E-state index in [-0.39, 0.29) is 5.84 Å². The lowest BCUT2D eigenvalue weighted by Crippen LogP contribution is -2.14. The van der Waals surface area contributed by atoms with Gasteiger partial charge in [-0.15, -0.1) is 0 Å². The van der Waals surface area contributed by atoms with Gasteiger partial charge in [-0.05, 0) is 52.7 Å². The molecule has 0 spiro atoms. The van der Waals surface area contributed by atoms with Crippen molar-refractivity contribution in [3.63, 3.8) is 0 Å². The number of nitrogens with zero attached hydrogens (tertiary/aromatic N) is 1. The Kier molecular flexibility index (Phi) is 4.50. The van der Waals surface area contributed by atoms with Crippen molar-refractivity contribution < 1.29 is 5.21 Å². The van der Waals surface area contributed by atoms with Crippen molar-refractivity contribution in [1.82, 2.24) is 0 Å². The third-order valence-corrected chi connectivity index (χ3v) is 4.66. The van der Waals surface area contributed by atoms with Crippen molar-refractivity contribution in [3.05, 3.63) is 58.1 Å². The summed E-state index contributed by atoms with van der Waals surface area (Å²) in [7, 11) is 0. The molecule has 0 bridgehead atoms. The highest BCUT2D eigenvalue weighted by atomic mass is 79.9. The minimum absolute atomic E-state index is 0.120. The Morgan fingerprint density at radius 2 is 1.95 bits per heavy atom. The summed E-state index contributed by atoms with van der Waals surface area (Å²) in [6.45, 7) is 2.01. The van der Waals surface area contributed by atoms with Gasteiger partial charge in [-0.3, -0.25) is 0 Å². The fraction of sp³-hybridized carbons (Fsp3) is 0.0714. The average molecular weight is 337 g/mol. The first-order valence-electron chi connectivity index (χ1n) is 5.62. The number of benzene rings is 2. The summed E-state index contributed by atoms with van der Waals surface area (Å²) in [6.07, 6.45) is 0. The molecule has 0 aliphatic rings. The second-order valence-electron chi connectivity index (χ2n) is 4.02. The highest BCUT2D eigenvalue weighted by molar-refractivity contribution is 9.10. The molecule has 0 atom stereocenters. The fourth-order valence-electron chi connectivity index (χ4n) is 1.63. The Balaban J connectivity index is 2.44. The first kappa shape index (κ1) is 14.0. The van der Waals surface area contributed by atoms with Crippen molar-refractivity contribution >= 4 is 33.5 Å². The minimum atomic E-state index is 0.120. The SMILES string of the molecule is Cc1ccc(C(N)=NO)c(Sc2ccccc2Br)c1. The molecule has 5 heteroatoms. The molecule has 3 nitrogen and oxygen atoms in total. The average Bonchev–Trinajstić information content (AvgIpc) is 2.41. The summed E-state index contributed by atoms with van der Waals surface area (Å²) in [5.41, 5.74) is 7.57. The highest BCUT2D eigenvalue weighted by Crippen LogP contribution is 2.35. The first-order valence-corrected chi connectivity index (χ1v) is 7.23. The number of amidine groups is 1. The van der Waals surface area contributed by atoms with Crippen molar-refractivity contribution in [1.29, 1.82) is 0 Å². The molecule has 2 aromatic carbocycles.